The van der Waals surface area contributed by atoms with Crippen LogP contribution in [0.2, 0.25) is 0 Å². The van der Waals surface area contributed by atoms with E-state index in [9.17, 15) is 9.59 Å². The van der Waals surface area contributed by atoms with Crippen LogP contribution < -0.4 is 10.7 Å². The predicted molar refractivity (Wildman–Crippen MR) is 138 cm³/mol. The van der Waals surface area contributed by atoms with Crippen LogP contribution in [0.1, 0.15) is 69.3 Å². The van der Waals surface area contributed by atoms with E-state index in [0.717, 1.165) is 41.9 Å². The lowest BCUT2D eigenvalue weighted by atomic mass is 9.49. The van der Waals surface area contributed by atoms with Crippen molar-refractivity contribution in [2.45, 2.75) is 72.3 Å². The van der Waals surface area contributed by atoms with Crippen LogP contribution in [0, 0.1) is 42.9 Å². The van der Waals surface area contributed by atoms with Crippen LogP contribution in [-0.4, -0.2) is 28.6 Å². The molecular weight excluding hydrogens is 436 g/mol. The second kappa shape index (κ2) is 9.29. The average molecular weight is 475 g/mol. The fourth-order valence-electron chi connectivity index (χ4n) is 7.35. The summed E-state index contributed by atoms with van der Waals surface area (Å²) in [5, 5.41) is 7.40. The molecule has 1 aromatic carbocycles. The molecule has 1 aromatic heterocycles. The van der Waals surface area contributed by atoms with Crippen molar-refractivity contribution in [3.05, 3.63) is 53.3 Å². The summed E-state index contributed by atoms with van der Waals surface area (Å²) in [5.74, 6) is 1.88. The van der Waals surface area contributed by atoms with Gasteiger partial charge in [0.25, 0.3) is 5.91 Å². The molecule has 4 bridgehead atoms. The Bertz CT molecular complexity index is 1100. The maximum absolute atomic E-state index is 13.5. The molecule has 35 heavy (non-hydrogen) atoms. The number of carbonyl (C=O) groups is 2. The van der Waals surface area contributed by atoms with Crippen molar-refractivity contribution in [1.29, 1.82) is 0 Å². The first-order valence-corrected chi connectivity index (χ1v) is 13.1. The van der Waals surface area contributed by atoms with Gasteiger partial charge in [-0.25, -0.2) is 5.43 Å². The topological polar surface area (TPSA) is 75.5 Å². The number of carbonyl (C=O) groups excluding carboxylic acids is 2. The minimum Gasteiger partial charge on any atom is -0.344 e. The number of nitrogens with one attached hydrogen (secondary N) is 2. The molecule has 2 aromatic rings. The van der Waals surface area contributed by atoms with Crippen molar-refractivity contribution in [2.75, 3.05) is 0 Å². The van der Waals surface area contributed by atoms with Gasteiger partial charge in [0, 0.05) is 28.1 Å². The molecule has 0 spiro atoms. The number of amides is 2. The van der Waals surface area contributed by atoms with Gasteiger partial charge in [-0.05, 0) is 94.2 Å². The third-order valence-corrected chi connectivity index (χ3v) is 8.62. The molecule has 1 heterocycles. The van der Waals surface area contributed by atoms with Crippen LogP contribution in [0.4, 0.5) is 0 Å². The van der Waals surface area contributed by atoms with Gasteiger partial charge in [-0.3, -0.25) is 9.59 Å². The zero-order chi connectivity index (χ0) is 24.7. The molecule has 0 radical (unpaired) electrons. The van der Waals surface area contributed by atoms with Crippen molar-refractivity contribution >= 4 is 18.0 Å². The lowest BCUT2D eigenvalue weighted by Gasteiger charge is -2.55. The van der Waals surface area contributed by atoms with Crippen LogP contribution in [0.15, 0.2) is 41.5 Å². The Labute approximate surface area is 208 Å². The van der Waals surface area contributed by atoms with Crippen molar-refractivity contribution in [1.82, 2.24) is 15.3 Å². The van der Waals surface area contributed by atoms with Crippen molar-refractivity contribution in [3.63, 3.8) is 0 Å². The summed E-state index contributed by atoms with van der Waals surface area (Å²) in [6, 6.07) is 11.7. The Hall–Kier alpha value is -2.89. The van der Waals surface area contributed by atoms with Crippen molar-refractivity contribution in [2.24, 2.45) is 34.2 Å². The number of para-hydroxylation sites is 1. The first kappa shape index (κ1) is 23.8. The molecule has 4 fully saturated rings. The highest BCUT2D eigenvalue weighted by molar-refractivity contribution is 5.91. The normalized spacial score (nSPS) is 28.0. The van der Waals surface area contributed by atoms with Crippen LogP contribution in [0.3, 0.4) is 0 Å². The monoisotopic (exact) mass is 474 g/mol. The molecule has 1 atom stereocenters. The van der Waals surface area contributed by atoms with E-state index in [2.05, 4.69) is 45.5 Å². The molecule has 2 N–H and O–H groups in total. The number of aromatic nitrogens is 1. The number of hydrogen-bond acceptors (Lipinski definition) is 3. The molecule has 6 rings (SSSR count). The number of aryl methyl sites for hydroxylation is 1. The van der Waals surface area contributed by atoms with Crippen LogP contribution >= 0.6 is 0 Å². The largest absolute Gasteiger partial charge is 0.344 e. The Balaban J connectivity index is 1.25. The smallest absolute Gasteiger partial charge is 0.262 e. The van der Waals surface area contributed by atoms with Gasteiger partial charge >= 0.3 is 0 Å². The van der Waals surface area contributed by atoms with E-state index in [-0.39, 0.29) is 23.1 Å². The Morgan fingerprint density at radius 1 is 1.03 bits per heavy atom. The van der Waals surface area contributed by atoms with E-state index in [1.807, 2.05) is 39.0 Å². The fraction of sp³-hybridized carbons (Fsp3) is 0.552. The van der Waals surface area contributed by atoms with E-state index >= 15 is 0 Å². The molecule has 4 aliphatic rings. The van der Waals surface area contributed by atoms with Crippen LogP contribution in [-0.2, 0) is 9.59 Å². The zero-order valence-corrected chi connectivity index (χ0v) is 21.4. The van der Waals surface area contributed by atoms with E-state index in [4.69, 9.17) is 0 Å². The van der Waals surface area contributed by atoms with Gasteiger partial charge in [0.05, 0.1) is 6.21 Å². The van der Waals surface area contributed by atoms with E-state index in [1.165, 1.54) is 19.3 Å². The maximum atomic E-state index is 13.5. The van der Waals surface area contributed by atoms with E-state index in [1.54, 1.807) is 6.21 Å². The van der Waals surface area contributed by atoms with Crippen LogP contribution in [0.25, 0.3) is 5.69 Å². The second-order valence-corrected chi connectivity index (χ2v) is 11.6. The van der Waals surface area contributed by atoms with Gasteiger partial charge in [0.2, 0.25) is 5.91 Å². The lowest BCUT2D eigenvalue weighted by Crippen LogP contribution is -2.58. The number of rotatable bonds is 7. The summed E-state index contributed by atoms with van der Waals surface area (Å²) in [5.41, 5.74) is 6.63. The van der Waals surface area contributed by atoms with Gasteiger partial charge in [-0.2, -0.15) is 5.10 Å². The highest BCUT2D eigenvalue weighted by atomic mass is 16.2. The standard InChI is InChI=1S/C29H38N4O2/c1-18(2)26(31-28(35)29-14-21-11-22(15-29)13-23(12-21)16-29)27(34)32-30-17-24-10-19(3)33(20(24)4)25-8-6-5-7-9-25/h5-10,17-18,21-23,26H,11-16H2,1-4H3,(H,31,35)(H,32,34)/b30-17+/t21?,22?,23?,26-,29?/m1/s1. The van der Waals surface area contributed by atoms with Gasteiger partial charge in [-0.15, -0.1) is 0 Å². The minimum atomic E-state index is -0.593. The predicted octanol–water partition coefficient (Wildman–Crippen LogP) is 4.90. The Morgan fingerprint density at radius 2 is 1.63 bits per heavy atom. The van der Waals surface area contributed by atoms with Gasteiger partial charge in [0.1, 0.15) is 6.04 Å². The highest BCUT2D eigenvalue weighted by Crippen LogP contribution is 2.60. The average Bonchev–Trinajstić information content (AvgIpc) is 3.09. The Kier molecular flexibility index (Phi) is 6.32. The molecular formula is C29H38N4O2. The second-order valence-electron chi connectivity index (χ2n) is 11.6. The highest BCUT2D eigenvalue weighted by Gasteiger charge is 2.55. The molecule has 0 unspecified atom stereocenters. The molecule has 0 saturated heterocycles. The van der Waals surface area contributed by atoms with Crippen molar-refractivity contribution in [3.8, 4) is 5.69 Å². The number of hydrogen-bond donors (Lipinski definition) is 2. The van der Waals surface area contributed by atoms with Gasteiger partial charge in [0.15, 0.2) is 0 Å². The first-order valence-electron chi connectivity index (χ1n) is 13.1. The number of benzene rings is 1. The minimum absolute atomic E-state index is 0.0220. The summed E-state index contributed by atoms with van der Waals surface area (Å²) in [4.78, 5) is 26.6. The number of hydrazone groups is 1. The molecule has 0 aliphatic heterocycles. The van der Waals surface area contributed by atoms with E-state index in [0.29, 0.717) is 17.8 Å². The molecule has 4 saturated carbocycles. The maximum Gasteiger partial charge on any atom is 0.262 e. The van der Waals surface area contributed by atoms with Gasteiger partial charge < -0.3 is 9.88 Å². The molecule has 6 heteroatoms. The third kappa shape index (κ3) is 4.55. The van der Waals surface area contributed by atoms with E-state index < -0.39 is 6.04 Å². The van der Waals surface area contributed by atoms with Gasteiger partial charge in [-0.1, -0.05) is 32.0 Å². The summed E-state index contributed by atoms with van der Waals surface area (Å²) in [6.45, 7) is 8.05. The summed E-state index contributed by atoms with van der Waals surface area (Å²) in [7, 11) is 0. The van der Waals surface area contributed by atoms with Crippen molar-refractivity contribution < 1.29 is 9.59 Å². The SMILES string of the molecule is Cc1cc(/C=N/NC(=O)[C@H](NC(=O)C23CC4CC(CC(C4)C2)C3)C(C)C)c(C)n1-c1ccccc1. The number of nitrogens with zero attached hydrogens (tertiary/aromatic N) is 2. The molecule has 4 aliphatic carbocycles. The van der Waals surface area contributed by atoms with Crippen LogP contribution in [0.5, 0.6) is 0 Å². The summed E-state index contributed by atoms with van der Waals surface area (Å²) >= 11 is 0. The fourth-order valence-corrected chi connectivity index (χ4v) is 7.35. The molecule has 6 nitrogen and oxygen atoms in total. The third-order valence-electron chi connectivity index (χ3n) is 8.62. The Morgan fingerprint density at radius 3 is 2.20 bits per heavy atom. The zero-order valence-electron chi connectivity index (χ0n) is 21.4. The lowest BCUT2D eigenvalue weighted by molar-refractivity contribution is -0.149. The summed E-state index contributed by atoms with van der Waals surface area (Å²) in [6.07, 6.45) is 8.55. The molecule has 186 valence electrons. The summed E-state index contributed by atoms with van der Waals surface area (Å²) < 4.78 is 2.17. The molecule has 2 amide bonds. The first-order chi connectivity index (χ1) is 16.8. The quantitative estimate of drug-likeness (QED) is 0.442.